The van der Waals surface area contributed by atoms with Crippen molar-refractivity contribution in [2.45, 2.75) is 18.6 Å². The average molecular weight is 371 g/mol. The van der Waals surface area contributed by atoms with Gasteiger partial charge in [0, 0.05) is 5.75 Å². The summed E-state index contributed by atoms with van der Waals surface area (Å²) in [6, 6.07) is 14.9. The molecule has 0 amide bonds. The third-order valence-corrected chi connectivity index (χ3v) is 4.57. The zero-order chi connectivity index (χ0) is 18.4. The van der Waals surface area contributed by atoms with Crippen LogP contribution in [0.4, 0.5) is 0 Å². The number of benzene rings is 2. The van der Waals surface area contributed by atoms with Crippen LogP contribution in [-0.4, -0.2) is 34.5 Å². The maximum atomic E-state index is 11.0. The van der Waals surface area contributed by atoms with Crippen molar-refractivity contribution in [2.75, 3.05) is 19.0 Å². The molecular weight excluding hydrogens is 352 g/mol. The maximum absolute atomic E-state index is 11.0. The number of aromatic nitrogens is 2. The molecule has 0 radical (unpaired) electrons. The zero-order valence-electron chi connectivity index (χ0n) is 14.4. The fraction of sp³-hybridized carbons (Fsp3) is 0.263. The second-order valence-electron chi connectivity index (χ2n) is 5.44. The van der Waals surface area contributed by atoms with E-state index in [0.29, 0.717) is 24.1 Å². The molecule has 7 heteroatoms. The summed E-state index contributed by atoms with van der Waals surface area (Å²) >= 11 is 1.46. The van der Waals surface area contributed by atoms with Crippen LogP contribution in [0.3, 0.4) is 0 Å². The van der Waals surface area contributed by atoms with Gasteiger partial charge in [0.05, 0.1) is 36.8 Å². The molecule has 0 saturated carbocycles. The molecule has 1 aromatic heterocycles. The monoisotopic (exact) mass is 371 g/mol. The van der Waals surface area contributed by atoms with E-state index in [2.05, 4.69) is 4.98 Å². The van der Waals surface area contributed by atoms with Crippen molar-refractivity contribution in [1.82, 2.24) is 9.55 Å². The Balaban J connectivity index is 1.60. The Morgan fingerprint density at radius 1 is 1.12 bits per heavy atom. The molecule has 0 spiro atoms. The Kier molecular flexibility index (Phi) is 6.01. The molecule has 0 bridgehead atoms. The first-order valence-corrected chi connectivity index (χ1v) is 9.29. The number of nitrogens with zero attached hydrogens (tertiary/aromatic N) is 2. The maximum Gasteiger partial charge on any atom is 0.169 e. The molecular formula is C19H19N2O4S-. The lowest BCUT2D eigenvalue weighted by Crippen LogP contribution is -2.27. The number of imidazole rings is 1. The molecule has 2 aromatic carbocycles. The Labute approximate surface area is 155 Å². The molecule has 136 valence electrons. The van der Waals surface area contributed by atoms with Gasteiger partial charge in [-0.05, 0) is 43.3 Å². The van der Waals surface area contributed by atoms with Crippen molar-refractivity contribution in [1.29, 1.82) is 0 Å². The molecule has 0 aliphatic carbocycles. The second-order valence-corrected chi connectivity index (χ2v) is 6.50. The molecule has 0 aliphatic heterocycles. The molecule has 0 atom stereocenters. The summed E-state index contributed by atoms with van der Waals surface area (Å²) < 4.78 is 12.8. The molecule has 3 rings (SSSR count). The quantitative estimate of drug-likeness (QED) is 0.424. The number of thioether (sulfide) groups is 1. The van der Waals surface area contributed by atoms with Gasteiger partial charge in [0.2, 0.25) is 0 Å². The number of para-hydroxylation sites is 2. The molecule has 6 nitrogen and oxygen atoms in total. The van der Waals surface area contributed by atoms with Gasteiger partial charge in [0.25, 0.3) is 0 Å². The molecule has 1 heterocycles. The van der Waals surface area contributed by atoms with Gasteiger partial charge in [-0.2, -0.15) is 0 Å². The van der Waals surface area contributed by atoms with Crippen LogP contribution >= 0.6 is 11.8 Å². The summed E-state index contributed by atoms with van der Waals surface area (Å²) in [5.74, 6) is 1.08. The van der Waals surface area contributed by atoms with Gasteiger partial charge >= 0.3 is 0 Å². The van der Waals surface area contributed by atoms with E-state index in [1.807, 2.05) is 55.5 Å². The van der Waals surface area contributed by atoms with E-state index in [9.17, 15) is 9.90 Å². The number of hydrogen-bond acceptors (Lipinski definition) is 6. The van der Waals surface area contributed by atoms with Gasteiger partial charge in [-0.25, -0.2) is 4.98 Å². The summed E-state index contributed by atoms with van der Waals surface area (Å²) in [5.41, 5.74) is 1.55. The Morgan fingerprint density at radius 3 is 2.50 bits per heavy atom. The van der Waals surface area contributed by atoms with Crippen LogP contribution < -0.4 is 14.6 Å². The van der Waals surface area contributed by atoms with Crippen molar-refractivity contribution in [3.05, 3.63) is 48.5 Å². The van der Waals surface area contributed by atoms with E-state index in [0.717, 1.165) is 22.5 Å². The van der Waals surface area contributed by atoms with Gasteiger partial charge in [0.1, 0.15) is 11.5 Å². The Bertz CT molecular complexity index is 877. The molecule has 0 unspecified atom stereocenters. The number of carboxylic acids is 1. The van der Waals surface area contributed by atoms with Crippen molar-refractivity contribution >= 4 is 28.8 Å². The summed E-state index contributed by atoms with van der Waals surface area (Å²) in [4.78, 5) is 15.6. The predicted octanol–water partition coefficient (Wildman–Crippen LogP) is 2.36. The lowest BCUT2D eigenvalue weighted by Gasteiger charge is -2.10. The topological polar surface area (TPSA) is 76.4 Å². The number of carboxylic acid groups (broad SMARTS) is 1. The minimum atomic E-state index is -1.14. The predicted molar refractivity (Wildman–Crippen MR) is 98.6 cm³/mol. The number of fused-ring (bicyclic) bond motifs is 1. The van der Waals surface area contributed by atoms with E-state index in [1.54, 1.807) is 4.57 Å². The van der Waals surface area contributed by atoms with Gasteiger partial charge in [-0.3, -0.25) is 0 Å². The van der Waals surface area contributed by atoms with Crippen LogP contribution in [0.2, 0.25) is 0 Å². The van der Waals surface area contributed by atoms with Gasteiger partial charge < -0.3 is 23.9 Å². The first-order valence-electron chi connectivity index (χ1n) is 8.31. The van der Waals surface area contributed by atoms with E-state index in [-0.39, 0.29) is 6.54 Å². The van der Waals surface area contributed by atoms with Gasteiger partial charge in [-0.15, -0.1) is 0 Å². The van der Waals surface area contributed by atoms with Crippen molar-refractivity contribution in [3.8, 4) is 11.5 Å². The normalized spacial score (nSPS) is 10.8. The highest BCUT2D eigenvalue weighted by Crippen LogP contribution is 2.24. The molecule has 0 N–H and O–H groups in total. The van der Waals surface area contributed by atoms with Gasteiger partial charge in [-0.1, -0.05) is 23.9 Å². The third kappa shape index (κ3) is 4.49. The second kappa shape index (κ2) is 8.62. The molecule has 0 saturated heterocycles. The summed E-state index contributed by atoms with van der Waals surface area (Å²) in [5, 5.41) is 11.7. The summed E-state index contributed by atoms with van der Waals surface area (Å²) in [6.45, 7) is 2.83. The number of carbonyl (C=O) groups excluding carboxylic acids is 1. The number of carbonyl (C=O) groups is 1. The molecule has 0 fully saturated rings. The highest BCUT2D eigenvalue weighted by Gasteiger charge is 2.11. The van der Waals surface area contributed by atoms with Crippen molar-refractivity contribution in [3.63, 3.8) is 0 Å². The Hall–Kier alpha value is -2.67. The molecule has 26 heavy (non-hydrogen) atoms. The average Bonchev–Trinajstić information content (AvgIpc) is 2.97. The zero-order valence-corrected chi connectivity index (χ0v) is 15.2. The lowest BCUT2D eigenvalue weighted by molar-refractivity contribution is -0.306. The summed E-state index contributed by atoms with van der Waals surface area (Å²) in [6.07, 6.45) is 0. The fourth-order valence-electron chi connectivity index (χ4n) is 2.54. The van der Waals surface area contributed by atoms with Crippen LogP contribution in [0.5, 0.6) is 11.5 Å². The first-order chi connectivity index (χ1) is 12.7. The smallest absolute Gasteiger partial charge is 0.169 e. The molecule has 3 aromatic rings. The highest BCUT2D eigenvalue weighted by atomic mass is 32.2. The highest BCUT2D eigenvalue weighted by molar-refractivity contribution is 7.99. The van der Waals surface area contributed by atoms with E-state index in [4.69, 9.17) is 9.47 Å². The number of aliphatic carboxylic acids is 1. The standard InChI is InChI=1S/C19H20N2O4S/c1-2-24-14-7-9-15(10-8-14)25-11-12-26-19-20-16-5-3-4-6-17(16)21(19)13-18(22)23/h3-10H,2,11-13H2,1H3,(H,22,23)/p-1. The Morgan fingerprint density at radius 2 is 1.81 bits per heavy atom. The lowest BCUT2D eigenvalue weighted by atomic mass is 10.3. The minimum absolute atomic E-state index is 0.220. The van der Waals surface area contributed by atoms with Crippen LogP contribution in [0.1, 0.15) is 6.92 Å². The van der Waals surface area contributed by atoms with Crippen LogP contribution in [0.25, 0.3) is 11.0 Å². The first kappa shape index (κ1) is 18.1. The fourth-order valence-corrected chi connectivity index (χ4v) is 3.37. The van der Waals surface area contributed by atoms with Crippen LogP contribution in [0.15, 0.2) is 53.7 Å². The third-order valence-electron chi connectivity index (χ3n) is 3.62. The SMILES string of the molecule is CCOc1ccc(OCCSc2nc3ccccc3n2CC(=O)[O-])cc1. The van der Waals surface area contributed by atoms with E-state index in [1.165, 1.54) is 11.8 Å². The van der Waals surface area contributed by atoms with Crippen LogP contribution in [-0.2, 0) is 11.3 Å². The van der Waals surface area contributed by atoms with Crippen molar-refractivity contribution in [2.24, 2.45) is 0 Å². The number of hydrogen-bond donors (Lipinski definition) is 0. The van der Waals surface area contributed by atoms with Crippen molar-refractivity contribution < 1.29 is 19.4 Å². The number of ether oxygens (including phenoxy) is 2. The minimum Gasteiger partial charge on any atom is -0.548 e. The summed E-state index contributed by atoms with van der Waals surface area (Å²) in [7, 11) is 0. The van der Waals surface area contributed by atoms with E-state index < -0.39 is 5.97 Å². The van der Waals surface area contributed by atoms with Gasteiger partial charge in [0.15, 0.2) is 5.16 Å². The molecule has 0 aliphatic rings. The van der Waals surface area contributed by atoms with E-state index >= 15 is 0 Å². The largest absolute Gasteiger partial charge is 0.548 e. The number of rotatable bonds is 9. The van der Waals surface area contributed by atoms with Crippen LogP contribution in [0, 0.1) is 0 Å².